The van der Waals surface area contributed by atoms with Gasteiger partial charge in [-0.05, 0) is 86.1 Å². The molecule has 0 bridgehead atoms. The van der Waals surface area contributed by atoms with Gasteiger partial charge in [-0.25, -0.2) is 18.4 Å². The molecule has 4 rings (SSSR count). The summed E-state index contributed by atoms with van der Waals surface area (Å²) in [6.07, 6.45) is 1.78. The number of rotatable bonds is 5. The summed E-state index contributed by atoms with van der Waals surface area (Å²) in [5, 5.41) is 3.58. The number of carbonyl (C=O) groups is 1. The van der Waals surface area contributed by atoms with Gasteiger partial charge in [-0.1, -0.05) is 0 Å². The molecule has 2 aromatic carbocycles. The monoisotopic (exact) mass is 454 g/mol. The van der Waals surface area contributed by atoms with Crippen LogP contribution in [-0.2, 0) is 16.4 Å². The molecule has 160 valence electrons. The van der Waals surface area contributed by atoms with E-state index in [1.807, 2.05) is 44.2 Å². The first kappa shape index (κ1) is 21.3. The van der Waals surface area contributed by atoms with Crippen LogP contribution < -0.4 is 9.62 Å². The highest BCUT2D eigenvalue weighted by atomic mass is 32.2. The summed E-state index contributed by atoms with van der Waals surface area (Å²) in [6, 6.07) is 14.5. The molecule has 1 N–H and O–H groups in total. The Hall–Kier alpha value is -2.91. The standard InChI is InChI=1S/C22H22N4O3S2/c1-14-12-15(2)24-22(23-14)30-19-7-5-18(6-8-19)25-21(27)17-4-9-20-16(13-17)10-11-26(20)31(3,28)29/h4-9,12-13H,10-11H2,1-3H3,(H,25,27). The van der Waals surface area contributed by atoms with Crippen molar-refractivity contribution in [1.29, 1.82) is 0 Å². The molecular weight excluding hydrogens is 432 g/mol. The number of sulfonamides is 1. The molecule has 1 aliphatic rings. The van der Waals surface area contributed by atoms with E-state index in [1.54, 1.807) is 18.2 Å². The number of aryl methyl sites for hydroxylation is 2. The van der Waals surface area contributed by atoms with Crippen molar-refractivity contribution in [1.82, 2.24) is 9.97 Å². The van der Waals surface area contributed by atoms with E-state index in [0.29, 0.717) is 35.1 Å². The first-order valence-electron chi connectivity index (χ1n) is 9.71. The quantitative estimate of drug-likeness (QED) is 0.589. The van der Waals surface area contributed by atoms with Gasteiger partial charge in [0.25, 0.3) is 5.91 Å². The van der Waals surface area contributed by atoms with E-state index < -0.39 is 10.0 Å². The van der Waals surface area contributed by atoms with E-state index in [2.05, 4.69) is 15.3 Å². The summed E-state index contributed by atoms with van der Waals surface area (Å²) < 4.78 is 25.1. The van der Waals surface area contributed by atoms with Crippen LogP contribution in [0.15, 0.2) is 58.6 Å². The molecule has 0 aliphatic carbocycles. The van der Waals surface area contributed by atoms with Crippen LogP contribution in [0.25, 0.3) is 0 Å². The molecule has 1 aromatic heterocycles. The second-order valence-corrected chi connectivity index (χ2v) is 10.4. The van der Waals surface area contributed by atoms with E-state index in [4.69, 9.17) is 0 Å². The number of benzene rings is 2. The zero-order chi connectivity index (χ0) is 22.2. The number of nitrogens with one attached hydrogen (secondary N) is 1. The second-order valence-electron chi connectivity index (χ2n) is 7.44. The number of hydrogen-bond donors (Lipinski definition) is 1. The van der Waals surface area contributed by atoms with Gasteiger partial charge in [0.05, 0.1) is 11.9 Å². The molecule has 0 saturated heterocycles. The lowest BCUT2D eigenvalue weighted by Gasteiger charge is -2.16. The van der Waals surface area contributed by atoms with Crippen molar-refractivity contribution in [2.75, 3.05) is 22.4 Å². The predicted molar refractivity (Wildman–Crippen MR) is 122 cm³/mol. The highest BCUT2D eigenvalue weighted by Gasteiger charge is 2.26. The maximum absolute atomic E-state index is 12.7. The number of fused-ring (bicyclic) bond motifs is 1. The topological polar surface area (TPSA) is 92.3 Å². The van der Waals surface area contributed by atoms with Crippen molar-refractivity contribution in [3.05, 3.63) is 71.0 Å². The van der Waals surface area contributed by atoms with E-state index in [-0.39, 0.29) is 5.91 Å². The van der Waals surface area contributed by atoms with Gasteiger partial charge in [-0.15, -0.1) is 0 Å². The molecule has 0 unspecified atom stereocenters. The van der Waals surface area contributed by atoms with Crippen LogP contribution >= 0.6 is 11.8 Å². The van der Waals surface area contributed by atoms with Gasteiger partial charge >= 0.3 is 0 Å². The van der Waals surface area contributed by atoms with Crippen molar-refractivity contribution in [2.24, 2.45) is 0 Å². The van der Waals surface area contributed by atoms with Crippen LogP contribution in [0.1, 0.15) is 27.3 Å². The first-order valence-corrected chi connectivity index (χ1v) is 12.4. The molecule has 0 radical (unpaired) electrons. The Balaban J connectivity index is 1.44. The van der Waals surface area contributed by atoms with Gasteiger partial charge in [-0.2, -0.15) is 0 Å². The Bertz CT molecular complexity index is 1240. The van der Waals surface area contributed by atoms with Gasteiger partial charge < -0.3 is 5.32 Å². The van der Waals surface area contributed by atoms with E-state index in [1.165, 1.54) is 22.3 Å². The van der Waals surface area contributed by atoms with Crippen LogP contribution in [0, 0.1) is 13.8 Å². The van der Waals surface area contributed by atoms with Gasteiger partial charge in [0.1, 0.15) is 0 Å². The fourth-order valence-electron chi connectivity index (χ4n) is 3.51. The SMILES string of the molecule is Cc1cc(C)nc(Sc2ccc(NC(=O)c3ccc4c(c3)CCN4S(C)(=O)=O)cc2)n1. The lowest BCUT2D eigenvalue weighted by Crippen LogP contribution is -2.27. The van der Waals surface area contributed by atoms with Crippen molar-refractivity contribution in [3.63, 3.8) is 0 Å². The molecule has 2 heterocycles. The minimum atomic E-state index is -3.31. The number of nitrogens with zero attached hydrogens (tertiary/aromatic N) is 3. The molecular formula is C22H22N4O3S2. The third-order valence-corrected chi connectivity index (χ3v) is 6.93. The maximum atomic E-state index is 12.7. The van der Waals surface area contributed by atoms with Gasteiger partial charge in [0.15, 0.2) is 5.16 Å². The highest BCUT2D eigenvalue weighted by molar-refractivity contribution is 7.99. The Morgan fingerprint density at radius 1 is 1.03 bits per heavy atom. The molecule has 9 heteroatoms. The van der Waals surface area contributed by atoms with Gasteiger partial charge in [0.2, 0.25) is 10.0 Å². The maximum Gasteiger partial charge on any atom is 0.255 e. The fourth-order valence-corrected chi connectivity index (χ4v) is 5.33. The van der Waals surface area contributed by atoms with E-state index in [0.717, 1.165) is 21.8 Å². The molecule has 0 fully saturated rings. The van der Waals surface area contributed by atoms with Crippen LogP contribution in [0.2, 0.25) is 0 Å². The summed E-state index contributed by atoms with van der Waals surface area (Å²) in [5.41, 5.74) is 4.53. The molecule has 1 amide bonds. The van der Waals surface area contributed by atoms with Crippen LogP contribution in [0.3, 0.4) is 0 Å². The number of aromatic nitrogens is 2. The Labute approximate surface area is 186 Å². The Morgan fingerprint density at radius 2 is 1.71 bits per heavy atom. The first-order chi connectivity index (χ1) is 14.7. The molecule has 7 nitrogen and oxygen atoms in total. The van der Waals surface area contributed by atoms with Crippen LogP contribution in [-0.4, -0.2) is 37.1 Å². The van der Waals surface area contributed by atoms with Crippen molar-refractivity contribution < 1.29 is 13.2 Å². The summed E-state index contributed by atoms with van der Waals surface area (Å²) in [6.45, 7) is 4.28. The zero-order valence-electron chi connectivity index (χ0n) is 17.4. The van der Waals surface area contributed by atoms with Gasteiger partial charge in [-0.3, -0.25) is 9.10 Å². The fraction of sp³-hybridized carbons (Fsp3) is 0.227. The average Bonchev–Trinajstić information content (AvgIpc) is 3.12. The number of amides is 1. The molecule has 0 saturated carbocycles. The molecule has 31 heavy (non-hydrogen) atoms. The number of carbonyl (C=O) groups excluding carboxylic acids is 1. The Kier molecular flexibility index (Phi) is 5.72. The summed E-state index contributed by atoms with van der Waals surface area (Å²) in [4.78, 5) is 22.5. The molecule has 1 aliphatic heterocycles. The van der Waals surface area contributed by atoms with Crippen LogP contribution in [0.5, 0.6) is 0 Å². The van der Waals surface area contributed by atoms with E-state index >= 15 is 0 Å². The summed E-state index contributed by atoms with van der Waals surface area (Å²) in [7, 11) is -3.31. The zero-order valence-corrected chi connectivity index (χ0v) is 19.0. The number of hydrogen-bond acceptors (Lipinski definition) is 6. The summed E-state index contributed by atoms with van der Waals surface area (Å²) >= 11 is 1.47. The summed E-state index contributed by atoms with van der Waals surface area (Å²) in [5.74, 6) is -0.237. The van der Waals surface area contributed by atoms with Crippen molar-refractivity contribution >= 4 is 39.1 Å². The Morgan fingerprint density at radius 3 is 2.35 bits per heavy atom. The van der Waals surface area contributed by atoms with E-state index in [9.17, 15) is 13.2 Å². The predicted octanol–water partition coefficient (Wildman–Crippen LogP) is 3.82. The van der Waals surface area contributed by atoms with Gasteiger partial charge in [0, 0.05) is 34.1 Å². The molecule has 3 aromatic rings. The lowest BCUT2D eigenvalue weighted by molar-refractivity contribution is 0.102. The normalized spacial score (nSPS) is 13.2. The average molecular weight is 455 g/mol. The largest absolute Gasteiger partial charge is 0.322 e. The molecule has 0 atom stereocenters. The minimum absolute atomic E-state index is 0.237. The lowest BCUT2D eigenvalue weighted by atomic mass is 10.1. The second kappa shape index (κ2) is 8.32. The third kappa shape index (κ3) is 4.88. The van der Waals surface area contributed by atoms with Crippen LogP contribution in [0.4, 0.5) is 11.4 Å². The number of anilines is 2. The highest BCUT2D eigenvalue weighted by Crippen LogP contribution is 2.31. The smallest absolute Gasteiger partial charge is 0.255 e. The molecule has 0 spiro atoms. The van der Waals surface area contributed by atoms with Crippen molar-refractivity contribution in [2.45, 2.75) is 30.3 Å². The third-order valence-electron chi connectivity index (χ3n) is 4.88. The minimum Gasteiger partial charge on any atom is -0.322 e. The van der Waals surface area contributed by atoms with Crippen molar-refractivity contribution in [3.8, 4) is 0 Å².